The van der Waals surface area contributed by atoms with Gasteiger partial charge in [0.15, 0.2) is 0 Å². The van der Waals surface area contributed by atoms with Crippen LogP contribution in [0.1, 0.15) is 64.7 Å². The first kappa shape index (κ1) is 15.0. The lowest BCUT2D eigenvalue weighted by Gasteiger charge is -2.24. The third-order valence-corrected chi connectivity index (χ3v) is 3.17. The van der Waals surface area contributed by atoms with E-state index in [-0.39, 0.29) is 12.1 Å². The highest BCUT2D eigenvalue weighted by Crippen LogP contribution is 2.19. The van der Waals surface area contributed by atoms with Gasteiger partial charge in [-0.1, -0.05) is 44.1 Å². The van der Waals surface area contributed by atoms with Crippen molar-refractivity contribution in [2.24, 2.45) is 0 Å². The van der Waals surface area contributed by atoms with Crippen molar-refractivity contribution in [3.63, 3.8) is 0 Å². The van der Waals surface area contributed by atoms with Gasteiger partial charge in [-0.2, -0.15) is 0 Å². The third-order valence-electron chi connectivity index (χ3n) is 3.17. The van der Waals surface area contributed by atoms with Gasteiger partial charge in [0.1, 0.15) is 6.10 Å². The molecule has 0 spiro atoms. The van der Waals surface area contributed by atoms with Gasteiger partial charge in [-0.3, -0.25) is 4.79 Å². The Morgan fingerprint density at radius 1 is 1.11 bits per heavy atom. The predicted molar refractivity (Wildman–Crippen MR) is 75.4 cm³/mol. The van der Waals surface area contributed by atoms with Crippen LogP contribution in [0.25, 0.3) is 0 Å². The molecule has 1 heterocycles. The molecule has 1 rings (SSSR count). The molecule has 1 aliphatic rings. The predicted octanol–water partition coefficient (Wildman–Crippen LogP) is 4.56. The second-order valence-corrected chi connectivity index (χ2v) is 4.92. The summed E-state index contributed by atoms with van der Waals surface area (Å²) in [7, 11) is 0. The molecule has 1 unspecified atom stereocenters. The summed E-state index contributed by atoms with van der Waals surface area (Å²) in [6.45, 7) is 2.23. The van der Waals surface area contributed by atoms with Gasteiger partial charge in [0.25, 0.3) is 0 Å². The van der Waals surface area contributed by atoms with Crippen molar-refractivity contribution in [2.75, 3.05) is 0 Å². The van der Waals surface area contributed by atoms with Gasteiger partial charge in [0.2, 0.25) is 0 Å². The first-order chi connectivity index (χ1) is 8.83. The molecule has 0 N–H and O–H groups in total. The monoisotopic (exact) mass is 250 g/mol. The summed E-state index contributed by atoms with van der Waals surface area (Å²) in [6, 6.07) is 0. The van der Waals surface area contributed by atoms with E-state index in [0.717, 1.165) is 25.7 Å². The van der Waals surface area contributed by atoms with Crippen LogP contribution in [0.5, 0.6) is 0 Å². The van der Waals surface area contributed by atoms with Crippen LogP contribution in [0, 0.1) is 0 Å². The summed E-state index contributed by atoms with van der Waals surface area (Å²) in [5, 5.41) is 0. The highest BCUT2D eigenvalue weighted by atomic mass is 16.6. The van der Waals surface area contributed by atoms with Crippen LogP contribution in [0.4, 0.5) is 0 Å². The smallest absolute Gasteiger partial charge is 0.309 e. The minimum absolute atomic E-state index is 0.0382. The van der Waals surface area contributed by atoms with E-state index in [9.17, 15) is 4.79 Å². The standard InChI is InChI=1S/C16H26O2/c1-2-3-4-5-6-7-8-9-10-11-12-13-15-14-16(17)18-15/h6-7,9-10,15H,2-5,8,11-14H2,1H3. The minimum atomic E-state index is -0.0382. The Hall–Kier alpha value is -1.05. The number of cyclic esters (lactones) is 1. The maximum Gasteiger partial charge on any atom is 0.309 e. The number of hydrogen-bond donors (Lipinski definition) is 0. The number of ether oxygens (including phenoxy) is 1. The van der Waals surface area contributed by atoms with Gasteiger partial charge in [-0.25, -0.2) is 0 Å². The van der Waals surface area contributed by atoms with Crippen LogP contribution >= 0.6 is 0 Å². The third kappa shape index (κ3) is 7.31. The molecule has 1 atom stereocenters. The number of esters is 1. The summed E-state index contributed by atoms with van der Waals surface area (Å²) in [5.74, 6) is -0.0382. The molecular formula is C16H26O2. The number of carbonyl (C=O) groups is 1. The number of rotatable bonds is 10. The van der Waals surface area contributed by atoms with Gasteiger partial charge in [0.05, 0.1) is 6.42 Å². The van der Waals surface area contributed by atoms with Crippen LogP contribution in [-0.2, 0) is 9.53 Å². The molecule has 18 heavy (non-hydrogen) atoms. The molecule has 2 nitrogen and oxygen atoms in total. The van der Waals surface area contributed by atoms with Gasteiger partial charge in [-0.15, -0.1) is 0 Å². The van der Waals surface area contributed by atoms with E-state index in [4.69, 9.17) is 4.74 Å². The van der Waals surface area contributed by atoms with E-state index in [0.29, 0.717) is 6.42 Å². The highest BCUT2D eigenvalue weighted by molar-refractivity contribution is 5.75. The van der Waals surface area contributed by atoms with Crippen molar-refractivity contribution < 1.29 is 9.53 Å². The highest BCUT2D eigenvalue weighted by Gasteiger charge is 2.27. The molecule has 0 saturated carbocycles. The molecule has 1 saturated heterocycles. The first-order valence-electron chi connectivity index (χ1n) is 7.32. The Labute approximate surface area is 111 Å². The molecule has 102 valence electrons. The minimum Gasteiger partial charge on any atom is -0.462 e. The molecule has 2 heteroatoms. The summed E-state index contributed by atoms with van der Waals surface area (Å²) in [4.78, 5) is 10.6. The zero-order valence-electron chi connectivity index (χ0n) is 11.6. The molecule has 1 fully saturated rings. The van der Waals surface area contributed by atoms with Crippen molar-refractivity contribution in [3.8, 4) is 0 Å². The number of carbonyl (C=O) groups excluding carboxylic acids is 1. The molecule has 0 bridgehead atoms. The van der Waals surface area contributed by atoms with Gasteiger partial charge >= 0.3 is 5.97 Å². The molecule has 0 aliphatic carbocycles. The van der Waals surface area contributed by atoms with Crippen LogP contribution in [0.15, 0.2) is 24.3 Å². The van der Waals surface area contributed by atoms with Crippen LogP contribution in [-0.4, -0.2) is 12.1 Å². The maximum absolute atomic E-state index is 10.6. The number of hydrogen-bond acceptors (Lipinski definition) is 2. The SMILES string of the molecule is CCCCCC=CCC=CCCCC1CC(=O)O1. The Kier molecular flexibility index (Phi) is 8.28. The van der Waals surface area contributed by atoms with Gasteiger partial charge in [0, 0.05) is 0 Å². The average Bonchev–Trinajstić information content (AvgIpc) is 2.33. The van der Waals surface area contributed by atoms with Crippen molar-refractivity contribution in [1.82, 2.24) is 0 Å². The number of unbranched alkanes of at least 4 members (excludes halogenated alkanes) is 4. The Morgan fingerprint density at radius 3 is 2.39 bits per heavy atom. The molecule has 1 aliphatic heterocycles. The summed E-state index contributed by atoms with van der Waals surface area (Å²) in [5.41, 5.74) is 0. The average molecular weight is 250 g/mol. The summed E-state index contributed by atoms with van der Waals surface area (Å²) >= 11 is 0. The second kappa shape index (κ2) is 9.93. The fraction of sp³-hybridized carbons (Fsp3) is 0.688. The van der Waals surface area contributed by atoms with Gasteiger partial charge in [-0.05, 0) is 38.5 Å². The van der Waals surface area contributed by atoms with E-state index in [1.165, 1.54) is 25.7 Å². The zero-order valence-corrected chi connectivity index (χ0v) is 11.6. The zero-order chi connectivity index (χ0) is 13.1. The van der Waals surface area contributed by atoms with Gasteiger partial charge < -0.3 is 4.74 Å². The molecular weight excluding hydrogens is 224 g/mol. The largest absolute Gasteiger partial charge is 0.462 e. The Bertz CT molecular complexity index is 271. The summed E-state index contributed by atoms with van der Waals surface area (Å²) in [6.07, 6.45) is 19.3. The lowest BCUT2D eigenvalue weighted by Crippen LogP contribution is -2.32. The second-order valence-electron chi connectivity index (χ2n) is 4.92. The van der Waals surface area contributed by atoms with Crippen molar-refractivity contribution >= 4 is 5.97 Å². The van der Waals surface area contributed by atoms with Crippen LogP contribution in [0.3, 0.4) is 0 Å². The molecule has 0 aromatic carbocycles. The van der Waals surface area contributed by atoms with E-state index >= 15 is 0 Å². The fourth-order valence-electron chi connectivity index (χ4n) is 2.01. The molecule has 0 radical (unpaired) electrons. The van der Waals surface area contributed by atoms with E-state index in [1.54, 1.807) is 0 Å². The quantitative estimate of drug-likeness (QED) is 0.323. The van der Waals surface area contributed by atoms with Crippen LogP contribution < -0.4 is 0 Å². The summed E-state index contributed by atoms with van der Waals surface area (Å²) < 4.78 is 4.96. The lowest BCUT2D eigenvalue weighted by molar-refractivity contribution is -0.169. The van der Waals surface area contributed by atoms with E-state index in [2.05, 4.69) is 31.2 Å². The van der Waals surface area contributed by atoms with Crippen LogP contribution in [0.2, 0.25) is 0 Å². The Morgan fingerprint density at radius 2 is 1.78 bits per heavy atom. The molecule has 0 amide bonds. The van der Waals surface area contributed by atoms with Crippen molar-refractivity contribution in [1.29, 1.82) is 0 Å². The molecule has 0 aromatic heterocycles. The fourth-order valence-corrected chi connectivity index (χ4v) is 2.01. The number of allylic oxidation sites excluding steroid dienone is 4. The van der Waals surface area contributed by atoms with Crippen molar-refractivity contribution in [2.45, 2.75) is 70.8 Å². The lowest BCUT2D eigenvalue weighted by atomic mass is 10.1. The van der Waals surface area contributed by atoms with E-state index < -0.39 is 0 Å². The normalized spacial score (nSPS) is 19.4. The Balaban J connectivity index is 1.83. The van der Waals surface area contributed by atoms with Crippen molar-refractivity contribution in [3.05, 3.63) is 24.3 Å². The first-order valence-corrected chi connectivity index (χ1v) is 7.32. The van der Waals surface area contributed by atoms with E-state index in [1.807, 2.05) is 0 Å². The molecule has 0 aromatic rings. The topological polar surface area (TPSA) is 26.3 Å². The maximum atomic E-state index is 10.6.